The quantitative estimate of drug-likeness (QED) is 0.694. The van der Waals surface area contributed by atoms with Gasteiger partial charge < -0.3 is 4.52 Å². The van der Waals surface area contributed by atoms with Gasteiger partial charge in [0.05, 0.1) is 17.8 Å². The molecule has 0 saturated carbocycles. The summed E-state index contributed by atoms with van der Waals surface area (Å²) in [4.78, 5) is 10.3. The normalized spacial score (nSPS) is 17.1. The highest BCUT2D eigenvalue weighted by atomic mass is 19.1. The zero-order chi connectivity index (χ0) is 18.9. The van der Waals surface area contributed by atoms with Gasteiger partial charge in [-0.3, -0.25) is 9.88 Å². The van der Waals surface area contributed by atoms with Crippen LogP contribution in [0.3, 0.4) is 0 Å². The topological polar surface area (TPSA) is 55.1 Å². The second kappa shape index (κ2) is 7.11. The van der Waals surface area contributed by atoms with Crippen LogP contribution >= 0.6 is 0 Å². The number of nitrogens with zero attached hydrogens (tertiary/aromatic N) is 4. The first-order valence-corrected chi connectivity index (χ1v) is 8.64. The predicted octanol–water partition coefficient (Wildman–Crippen LogP) is 3.87. The van der Waals surface area contributed by atoms with Gasteiger partial charge in [-0.15, -0.1) is 0 Å². The average Bonchev–Trinajstić information content (AvgIpc) is 3.13. The number of rotatable bonds is 4. The molecule has 1 fully saturated rings. The molecule has 1 aromatic carbocycles. The van der Waals surface area contributed by atoms with E-state index in [1.54, 1.807) is 24.4 Å². The number of alkyl halides is 1. The van der Waals surface area contributed by atoms with Gasteiger partial charge in [0.25, 0.3) is 5.89 Å². The molecule has 27 heavy (non-hydrogen) atoms. The van der Waals surface area contributed by atoms with Gasteiger partial charge >= 0.3 is 0 Å². The highest BCUT2D eigenvalue weighted by Gasteiger charge is 2.37. The maximum atomic E-state index is 15.1. The molecule has 5 nitrogen and oxygen atoms in total. The van der Waals surface area contributed by atoms with E-state index in [-0.39, 0.29) is 11.5 Å². The monoisotopic (exact) mass is 374 g/mol. The van der Waals surface area contributed by atoms with E-state index in [0.29, 0.717) is 44.0 Å². The van der Waals surface area contributed by atoms with E-state index in [1.165, 1.54) is 6.07 Å². The molecular weight excluding hydrogens is 357 g/mol. The molecule has 4 rings (SSSR count). The fourth-order valence-electron chi connectivity index (χ4n) is 3.24. The summed E-state index contributed by atoms with van der Waals surface area (Å²) in [6.07, 6.45) is 2.24. The highest BCUT2D eigenvalue weighted by Crippen LogP contribution is 2.36. The largest absolute Gasteiger partial charge is 0.334 e. The lowest BCUT2D eigenvalue weighted by atomic mass is 9.89. The number of halogens is 3. The van der Waals surface area contributed by atoms with Crippen LogP contribution < -0.4 is 0 Å². The lowest BCUT2D eigenvalue weighted by molar-refractivity contribution is 0.0477. The van der Waals surface area contributed by atoms with E-state index < -0.39 is 17.3 Å². The molecule has 0 atom stereocenters. The van der Waals surface area contributed by atoms with Gasteiger partial charge in [0.2, 0.25) is 0 Å². The van der Waals surface area contributed by atoms with Crippen molar-refractivity contribution in [1.29, 1.82) is 0 Å². The summed E-state index contributed by atoms with van der Waals surface area (Å²) in [6.45, 7) is 1.40. The summed E-state index contributed by atoms with van der Waals surface area (Å²) < 4.78 is 47.0. The van der Waals surface area contributed by atoms with Crippen molar-refractivity contribution in [2.75, 3.05) is 13.1 Å². The van der Waals surface area contributed by atoms with Crippen molar-refractivity contribution in [3.05, 3.63) is 65.7 Å². The van der Waals surface area contributed by atoms with Crippen LogP contribution in [-0.4, -0.2) is 33.1 Å². The molecule has 1 aliphatic rings. The second-order valence-electron chi connectivity index (χ2n) is 6.60. The first-order chi connectivity index (χ1) is 13.0. The molecule has 0 radical (unpaired) electrons. The number of likely N-dealkylation sites (tertiary alicyclic amines) is 1. The van der Waals surface area contributed by atoms with Crippen molar-refractivity contribution >= 4 is 0 Å². The van der Waals surface area contributed by atoms with Crippen molar-refractivity contribution in [2.45, 2.75) is 25.1 Å². The van der Waals surface area contributed by atoms with Crippen molar-refractivity contribution in [3.63, 3.8) is 0 Å². The first-order valence-electron chi connectivity index (χ1n) is 8.64. The molecule has 0 bridgehead atoms. The molecule has 8 heteroatoms. The number of piperidine rings is 1. The highest BCUT2D eigenvalue weighted by molar-refractivity contribution is 5.53. The summed E-state index contributed by atoms with van der Waals surface area (Å²) in [5, 5.41) is 3.85. The Morgan fingerprint density at radius 2 is 1.93 bits per heavy atom. The average molecular weight is 374 g/mol. The van der Waals surface area contributed by atoms with Gasteiger partial charge in [0, 0.05) is 25.4 Å². The smallest absolute Gasteiger partial charge is 0.260 e. The van der Waals surface area contributed by atoms with Gasteiger partial charge in [-0.05, 0) is 37.1 Å². The van der Waals surface area contributed by atoms with Crippen LogP contribution in [-0.2, 0) is 12.2 Å². The van der Waals surface area contributed by atoms with Crippen LogP contribution in [0.25, 0.3) is 11.5 Å². The fourth-order valence-corrected chi connectivity index (χ4v) is 3.24. The molecular formula is C19H17F3N4O. The molecule has 0 amide bonds. The Bertz CT molecular complexity index is 924. The van der Waals surface area contributed by atoms with Crippen molar-refractivity contribution in [2.24, 2.45) is 0 Å². The van der Waals surface area contributed by atoms with Crippen molar-refractivity contribution in [1.82, 2.24) is 20.0 Å². The summed E-state index contributed by atoms with van der Waals surface area (Å²) in [5.41, 5.74) is -0.928. The maximum Gasteiger partial charge on any atom is 0.260 e. The Morgan fingerprint density at radius 1 is 1.11 bits per heavy atom. The van der Waals surface area contributed by atoms with Gasteiger partial charge in [-0.1, -0.05) is 11.2 Å². The Balaban J connectivity index is 1.41. The molecule has 0 N–H and O–H groups in total. The second-order valence-corrected chi connectivity index (χ2v) is 6.60. The van der Waals surface area contributed by atoms with E-state index in [4.69, 9.17) is 4.52 Å². The lowest BCUT2D eigenvalue weighted by Crippen LogP contribution is -2.40. The number of hydrogen-bond acceptors (Lipinski definition) is 5. The molecule has 0 unspecified atom stereocenters. The van der Waals surface area contributed by atoms with Crippen molar-refractivity contribution in [3.8, 4) is 11.5 Å². The molecule has 1 saturated heterocycles. The number of pyridine rings is 1. The van der Waals surface area contributed by atoms with Gasteiger partial charge in [-0.2, -0.15) is 4.98 Å². The summed E-state index contributed by atoms with van der Waals surface area (Å²) in [7, 11) is 0. The Kier molecular flexibility index (Phi) is 4.65. The summed E-state index contributed by atoms with van der Waals surface area (Å²) in [6, 6.07) is 8.41. The van der Waals surface area contributed by atoms with Gasteiger partial charge in [0.1, 0.15) is 11.6 Å². The Labute approximate surface area is 153 Å². The fraction of sp³-hybridized carbons (Fsp3) is 0.316. The number of benzene rings is 1. The van der Waals surface area contributed by atoms with E-state index in [2.05, 4.69) is 15.1 Å². The Morgan fingerprint density at radius 3 is 2.63 bits per heavy atom. The molecule has 140 valence electrons. The molecule has 0 spiro atoms. The van der Waals surface area contributed by atoms with E-state index in [1.807, 2.05) is 4.90 Å². The molecule has 2 aromatic heterocycles. The van der Waals surface area contributed by atoms with Crippen LogP contribution in [0.2, 0.25) is 0 Å². The lowest BCUT2D eigenvalue weighted by Gasteiger charge is -2.35. The van der Waals surface area contributed by atoms with E-state index >= 15 is 4.39 Å². The van der Waals surface area contributed by atoms with Crippen molar-refractivity contribution < 1.29 is 17.7 Å². The molecule has 1 aliphatic heterocycles. The zero-order valence-corrected chi connectivity index (χ0v) is 14.4. The molecule has 3 aromatic rings. The van der Waals surface area contributed by atoms with Crippen LogP contribution in [0.5, 0.6) is 0 Å². The van der Waals surface area contributed by atoms with Gasteiger partial charge in [0.15, 0.2) is 11.5 Å². The van der Waals surface area contributed by atoms with Crippen LogP contribution in [0.1, 0.15) is 24.4 Å². The van der Waals surface area contributed by atoms with Crippen LogP contribution in [0.4, 0.5) is 13.2 Å². The molecule has 3 heterocycles. The minimum absolute atomic E-state index is 0.00664. The minimum atomic E-state index is -1.43. The third-order valence-electron chi connectivity index (χ3n) is 4.77. The maximum absolute atomic E-state index is 15.1. The number of aromatic nitrogens is 3. The zero-order valence-electron chi connectivity index (χ0n) is 14.4. The SMILES string of the molecule is Fc1ccc(-c2nc(CN3CCC(F)(c4ccccn4)CC3)no2)c(F)c1. The van der Waals surface area contributed by atoms with Crippen LogP contribution in [0, 0.1) is 11.6 Å². The van der Waals surface area contributed by atoms with E-state index in [0.717, 1.165) is 12.1 Å². The predicted molar refractivity (Wildman–Crippen MR) is 91.2 cm³/mol. The van der Waals surface area contributed by atoms with Gasteiger partial charge in [-0.25, -0.2) is 13.2 Å². The standard InChI is InChI=1S/C19H17F3N4O/c20-13-4-5-14(15(21)11-13)18-24-17(25-27-18)12-26-9-6-19(22,7-10-26)16-3-1-2-8-23-16/h1-5,8,11H,6-7,9-10,12H2. The van der Waals surface area contributed by atoms with E-state index in [9.17, 15) is 8.78 Å². The summed E-state index contributed by atoms with van der Waals surface area (Å²) >= 11 is 0. The molecule has 0 aliphatic carbocycles. The first kappa shape index (κ1) is 17.7. The Hall–Kier alpha value is -2.74. The number of hydrogen-bond donors (Lipinski definition) is 0. The third kappa shape index (κ3) is 3.71. The minimum Gasteiger partial charge on any atom is -0.334 e. The summed E-state index contributed by atoms with van der Waals surface area (Å²) in [5.74, 6) is -1.07. The third-order valence-corrected chi connectivity index (χ3v) is 4.77. The van der Waals surface area contributed by atoms with Crippen LogP contribution in [0.15, 0.2) is 47.1 Å².